The van der Waals surface area contributed by atoms with Gasteiger partial charge in [0.05, 0.1) is 0 Å². The van der Waals surface area contributed by atoms with Gasteiger partial charge < -0.3 is 0 Å². The molecule has 0 saturated heterocycles. The zero-order valence-corrected chi connectivity index (χ0v) is 10.3. The van der Waals surface area contributed by atoms with Crippen molar-refractivity contribution in [1.29, 1.82) is 0 Å². The van der Waals surface area contributed by atoms with Crippen LogP contribution in [0.2, 0.25) is 0 Å². The van der Waals surface area contributed by atoms with Crippen molar-refractivity contribution in [3.63, 3.8) is 0 Å². The molecule has 13 heavy (non-hydrogen) atoms. The fourth-order valence-corrected chi connectivity index (χ4v) is 1.42. The second-order valence-corrected chi connectivity index (χ2v) is 3.67. The van der Waals surface area contributed by atoms with E-state index in [-0.39, 0.29) is 0 Å². The Kier molecular flexibility index (Phi) is 4.68. The van der Waals surface area contributed by atoms with Crippen molar-refractivity contribution in [3.8, 4) is 11.8 Å². The maximum absolute atomic E-state index is 5.24. The van der Waals surface area contributed by atoms with E-state index in [2.05, 4.69) is 11.8 Å². The van der Waals surface area contributed by atoms with Crippen LogP contribution < -0.4 is 0 Å². The third kappa shape index (κ3) is 4.17. The van der Waals surface area contributed by atoms with Crippen LogP contribution in [-0.4, -0.2) is 10.7 Å². The van der Waals surface area contributed by atoms with Crippen molar-refractivity contribution in [1.82, 2.24) is 0 Å². The SMILES string of the molecule is CCO[C](=[W])C#Cc1ccccc1. The Hall–Kier alpha value is -0.702. The van der Waals surface area contributed by atoms with Gasteiger partial charge in [0.2, 0.25) is 0 Å². The van der Waals surface area contributed by atoms with Gasteiger partial charge in [-0.25, -0.2) is 0 Å². The van der Waals surface area contributed by atoms with Gasteiger partial charge in [0.25, 0.3) is 0 Å². The van der Waals surface area contributed by atoms with Crippen molar-refractivity contribution < 1.29 is 24.1 Å². The number of ether oxygens (including phenoxy) is 1. The van der Waals surface area contributed by atoms with E-state index in [1.54, 1.807) is 0 Å². The molecule has 0 saturated carbocycles. The van der Waals surface area contributed by atoms with E-state index in [0.29, 0.717) is 6.61 Å². The van der Waals surface area contributed by atoms with Crippen LogP contribution in [0.3, 0.4) is 0 Å². The first-order chi connectivity index (χ1) is 6.33. The summed E-state index contributed by atoms with van der Waals surface area (Å²) in [5, 5.41) is 0. The molecule has 0 spiro atoms. The Labute approximate surface area is 89.5 Å². The Balaban J connectivity index is 2.62. The van der Waals surface area contributed by atoms with Crippen molar-refractivity contribution in [2.24, 2.45) is 0 Å². The molecule has 0 aliphatic carbocycles. The van der Waals surface area contributed by atoms with Gasteiger partial charge in [0.1, 0.15) is 0 Å². The standard InChI is InChI=1S/C11H10O.W/c1-2-12-10-6-9-11-7-4-3-5-8-11;/h3-5,7-8H,2H2,1H3;. The van der Waals surface area contributed by atoms with E-state index in [1.165, 1.54) is 19.4 Å². The normalized spacial score (nSPS) is 8.69. The molecule has 1 rings (SSSR count). The summed E-state index contributed by atoms with van der Waals surface area (Å²) in [4.78, 5) is 0. The van der Waals surface area contributed by atoms with Gasteiger partial charge >= 0.3 is 89.4 Å². The van der Waals surface area contributed by atoms with Crippen molar-refractivity contribution in [3.05, 3.63) is 35.9 Å². The Morgan fingerprint density at radius 3 is 2.69 bits per heavy atom. The Morgan fingerprint density at radius 2 is 2.08 bits per heavy atom. The van der Waals surface area contributed by atoms with Gasteiger partial charge in [-0.3, -0.25) is 0 Å². The molecule has 0 atom stereocenters. The van der Waals surface area contributed by atoms with Gasteiger partial charge in [-0.1, -0.05) is 0 Å². The third-order valence-electron chi connectivity index (χ3n) is 1.36. The summed E-state index contributed by atoms with van der Waals surface area (Å²) in [5.74, 6) is 6.02. The van der Waals surface area contributed by atoms with Gasteiger partial charge in [-0.05, 0) is 0 Å². The van der Waals surface area contributed by atoms with Crippen LogP contribution in [0, 0.1) is 11.8 Å². The van der Waals surface area contributed by atoms with Gasteiger partial charge in [0, 0.05) is 0 Å². The number of rotatable bonds is 2. The summed E-state index contributed by atoms with van der Waals surface area (Å²) < 4.78 is 6.10. The molecular weight excluding hydrogens is 332 g/mol. The summed E-state index contributed by atoms with van der Waals surface area (Å²) >= 11 is 1.28. The first-order valence-corrected chi connectivity index (χ1v) is 5.53. The molecule has 0 aliphatic rings. The molecule has 0 heterocycles. The van der Waals surface area contributed by atoms with E-state index in [0.717, 1.165) is 9.65 Å². The molecule has 0 bridgehead atoms. The third-order valence-corrected chi connectivity index (χ3v) is 2.15. The van der Waals surface area contributed by atoms with E-state index < -0.39 is 0 Å². The molecular formula is C11H10OW. The molecule has 0 unspecified atom stereocenters. The maximum atomic E-state index is 5.24. The molecule has 0 radical (unpaired) electrons. The molecule has 1 aromatic carbocycles. The second kappa shape index (κ2) is 5.86. The minimum atomic E-state index is 0.697. The fraction of sp³-hybridized carbons (Fsp3) is 0.182. The van der Waals surface area contributed by atoms with Crippen LogP contribution in [0.25, 0.3) is 0 Å². The van der Waals surface area contributed by atoms with Crippen molar-refractivity contribution in [2.75, 3.05) is 6.61 Å². The van der Waals surface area contributed by atoms with Gasteiger partial charge in [-0.2, -0.15) is 0 Å². The average molecular weight is 342 g/mol. The molecule has 66 valence electrons. The Bertz CT molecular complexity index is 332. The minimum absolute atomic E-state index is 0.697. The number of benzene rings is 1. The second-order valence-electron chi connectivity index (χ2n) is 2.34. The number of hydrogen-bond acceptors (Lipinski definition) is 1. The number of hydrogen-bond donors (Lipinski definition) is 0. The van der Waals surface area contributed by atoms with Crippen LogP contribution in [-0.2, 0) is 24.1 Å². The summed E-state index contributed by atoms with van der Waals surface area (Å²) in [6.45, 7) is 2.66. The topological polar surface area (TPSA) is 9.23 Å². The quantitative estimate of drug-likeness (QED) is 0.745. The van der Waals surface area contributed by atoms with Gasteiger partial charge in [0.15, 0.2) is 0 Å². The van der Waals surface area contributed by atoms with E-state index in [4.69, 9.17) is 4.74 Å². The van der Waals surface area contributed by atoms with Crippen LogP contribution in [0.15, 0.2) is 30.3 Å². The van der Waals surface area contributed by atoms with Crippen LogP contribution >= 0.6 is 0 Å². The molecule has 1 aromatic rings. The predicted molar refractivity (Wildman–Crippen MR) is 50.0 cm³/mol. The predicted octanol–water partition coefficient (Wildman–Crippen LogP) is 1.75. The Morgan fingerprint density at radius 1 is 1.38 bits per heavy atom. The van der Waals surface area contributed by atoms with Crippen LogP contribution in [0.4, 0.5) is 0 Å². The molecule has 0 aromatic heterocycles. The zero-order chi connectivity index (χ0) is 9.52. The van der Waals surface area contributed by atoms with E-state index in [9.17, 15) is 0 Å². The molecule has 0 amide bonds. The summed E-state index contributed by atoms with van der Waals surface area (Å²) in [7, 11) is 0. The van der Waals surface area contributed by atoms with E-state index >= 15 is 0 Å². The van der Waals surface area contributed by atoms with Crippen molar-refractivity contribution in [2.45, 2.75) is 6.92 Å². The zero-order valence-electron chi connectivity index (χ0n) is 7.41. The van der Waals surface area contributed by atoms with E-state index in [1.807, 2.05) is 37.3 Å². The molecule has 0 fully saturated rings. The van der Waals surface area contributed by atoms with Crippen LogP contribution in [0.5, 0.6) is 0 Å². The summed E-state index contributed by atoms with van der Waals surface area (Å²) in [6.07, 6.45) is 0. The molecule has 2 heteroatoms. The van der Waals surface area contributed by atoms with Crippen molar-refractivity contribution >= 4 is 4.08 Å². The summed E-state index contributed by atoms with van der Waals surface area (Å²) in [6, 6.07) is 9.92. The first kappa shape index (κ1) is 10.4. The first-order valence-electron chi connectivity index (χ1n) is 4.06. The van der Waals surface area contributed by atoms with Crippen LogP contribution in [0.1, 0.15) is 12.5 Å². The molecule has 1 nitrogen and oxygen atoms in total. The molecule has 0 N–H and O–H groups in total. The monoisotopic (exact) mass is 342 g/mol. The fourth-order valence-electron chi connectivity index (χ4n) is 0.812. The molecule has 0 aliphatic heterocycles. The summed E-state index contributed by atoms with van der Waals surface area (Å²) in [5.41, 5.74) is 1.03. The average Bonchev–Trinajstić information content (AvgIpc) is 2.17. The van der Waals surface area contributed by atoms with Gasteiger partial charge in [-0.15, -0.1) is 0 Å².